The predicted molar refractivity (Wildman–Crippen MR) is 178 cm³/mol. The summed E-state index contributed by atoms with van der Waals surface area (Å²) >= 11 is 0. The SMILES string of the molecule is CCC(=O)OCCCCCCCCCCOc1ccc(N=Nc2ccc(N=Nc3ccc(N(CCO)CCO)cc3)cc2)cc1. The number of aliphatic hydroxyl groups is 2. The van der Waals surface area contributed by atoms with Crippen molar-refractivity contribution in [3.8, 4) is 5.75 Å². The van der Waals surface area contributed by atoms with E-state index in [0.29, 0.717) is 49.8 Å². The lowest BCUT2D eigenvalue weighted by atomic mass is 10.1. The molecule has 3 aromatic carbocycles. The first-order valence-corrected chi connectivity index (χ1v) is 16.0. The molecule has 2 N–H and O–H groups in total. The van der Waals surface area contributed by atoms with Crippen LogP contribution in [0.4, 0.5) is 28.4 Å². The molecule has 0 radical (unpaired) electrons. The Bertz CT molecular complexity index is 1280. The first-order valence-electron chi connectivity index (χ1n) is 16.0. The van der Waals surface area contributed by atoms with E-state index in [1.807, 2.05) is 84.6 Å². The quantitative estimate of drug-likeness (QED) is 0.0659. The number of hydrogen-bond acceptors (Lipinski definition) is 10. The second-order valence-electron chi connectivity index (χ2n) is 10.6. The Morgan fingerprint density at radius 2 is 1.00 bits per heavy atom. The van der Waals surface area contributed by atoms with Gasteiger partial charge in [-0.2, -0.15) is 20.5 Å². The average molecular weight is 618 g/mol. The highest BCUT2D eigenvalue weighted by molar-refractivity contribution is 5.68. The number of carbonyl (C=O) groups excluding carboxylic acids is 1. The van der Waals surface area contributed by atoms with Crippen molar-refractivity contribution in [3.63, 3.8) is 0 Å². The van der Waals surface area contributed by atoms with Crippen molar-refractivity contribution in [2.24, 2.45) is 20.5 Å². The molecule has 0 aliphatic heterocycles. The van der Waals surface area contributed by atoms with E-state index in [0.717, 1.165) is 42.8 Å². The van der Waals surface area contributed by atoms with Gasteiger partial charge in [0.25, 0.3) is 0 Å². The van der Waals surface area contributed by atoms with Gasteiger partial charge in [0.15, 0.2) is 0 Å². The normalized spacial score (nSPS) is 11.4. The van der Waals surface area contributed by atoms with Crippen LogP contribution in [0.5, 0.6) is 5.75 Å². The van der Waals surface area contributed by atoms with Gasteiger partial charge in [0, 0.05) is 25.2 Å². The van der Waals surface area contributed by atoms with E-state index in [2.05, 4.69) is 20.5 Å². The molecule has 10 heteroatoms. The molecule has 0 fully saturated rings. The number of hydrogen-bond donors (Lipinski definition) is 2. The summed E-state index contributed by atoms with van der Waals surface area (Å²) in [6, 6.07) is 22.5. The summed E-state index contributed by atoms with van der Waals surface area (Å²) in [6.07, 6.45) is 9.58. The highest BCUT2D eigenvalue weighted by Gasteiger charge is 2.05. The molecular weight excluding hydrogens is 570 g/mol. The number of esters is 1. The fraction of sp³-hybridized carbons (Fsp3) is 0.457. The Labute approximate surface area is 266 Å². The van der Waals surface area contributed by atoms with Crippen molar-refractivity contribution >= 4 is 34.4 Å². The molecule has 3 aromatic rings. The minimum absolute atomic E-state index is 0.0183. The summed E-state index contributed by atoms with van der Waals surface area (Å²) in [4.78, 5) is 13.0. The highest BCUT2D eigenvalue weighted by Crippen LogP contribution is 2.26. The van der Waals surface area contributed by atoms with Crippen molar-refractivity contribution in [2.75, 3.05) is 44.4 Å². The summed E-state index contributed by atoms with van der Waals surface area (Å²) in [5.74, 6) is 0.720. The fourth-order valence-electron chi connectivity index (χ4n) is 4.51. The van der Waals surface area contributed by atoms with Gasteiger partial charge in [0.2, 0.25) is 0 Å². The van der Waals surface area contributed by atoms with Crippen LogP contribution in [0.2, 0.25) is 0 Å². The van der Waals surface area contributed by atoms with Crippen molar-refractivity contribution in [3.05, 3.63) is 72.8 Å². The van der Waals surface area contributed by atoms with Crippen LogP contribution in [0.1, 0.15) is 64.7 Å². The van der Waals surface area contributed by atoms with Crippen molar-refractivity contribution in [2.45, 2.75) is 64.7 Å². The molecule has 0 saturated carbocycles. The van der Waals surface area contributed by atoms with E-state index in [4.69, 9.17) is 9.47 Å². The van der Waals surface area contributed by atoms with Gasteiger partial charge in [-0.25, -0.2) is 0 Å². The summed E-state index contributed by atoms with van der Waals surface area (Å²) in [5, 5.41) is 35.7. The Morgan fingerprint density at radius 1 is 0.600 bits per heavy atom. The van der Waals surface area contributed by atoms with E-state index in [1.54, 1.807) is 0 Å². The molecule has 0 aromatic heterocycles. The van der Waals surface area contributed by atoms with Gasteiger partial charge in [-0.05, 0) is 85.6 Å². The number of azo groups is 2. The van der Waals surface area contributed by atoms with E-state index >= 15 is 0 Å². The zero-order chi connectivity index (χ0) is 32.0. The van der Waals surface area contributed by atoms with Crippen molar-refractivity contribution in [1.82, 2.24) is 0 Å². The monoisotopic (exact) mass is 617 g/mol. The highest BCUT2D eigenvalue weighted by atomic mass is 16.5. The zero-order valence-corrected chi connectivity index (χ0v) is 26.4. The Morgan fingerprint density at radius 3 is 1.44 bits per heavy atom. The predicted octanol–water partition coefficient (Wildman–Crippen LogP) is 8.76. The van der Waals surface area contributed by atoms with Gasteiger partial charge in [-0.15, -0.1) is 0 Å². The number of aliphatic hydroxyl groups excluding tert-OH is 2. The maximum Gasteiger partial charge on any atom is 0.305 e. The molecular formula is C35H47N5O5. The third-order valence-corrected chi connectivity index (χ3v) is 7.06. The molecule has 0 heterocycles. The summed E-state index contributed by atoms with van der Waals surface area (Å²) < 4.78 is 11.0. The van der Waals surface area contributed by atoms with Gasteiger partial charge >= 0.3 is 5.97 Å². The first kappa shape index (κ1) is 35.3. The minimum Gasteiger partial charge on any atom is -0.494 e. The topological polar surface area (TPSA) is 129 Å². The van der Waals surface area contributed by atoms with E-state index in [9.17, 15) is 15.0 Å². The molecule has 0 aliphatic carbocycles. The summed E-state index contributed by atoms with van der Waals surface area (Å²) in [7, 11) is 0. The standard InChI is InChI=1S/C35H47N5O5/c1-2-35(43)45-28-10-8-6-4-3-5-7-9-27-44-34-21-17-32(18-22-34)39-37-30-13-11-29(12-14-30)36-38-31-15-19-33(20-16-31)40(23-25-41)24-26-42/h11-22,41-42H,2-10,23-28H2,1H3. The molecule has 0 aliphatic rings. The van der Waals surface area contributed by atoms with E-state index < -0.39 is 0 Å². The van der Waals surface area contributed by atoms with Crippen LogP contribution in [0.3, 0.4) is 0 Å². The van der Waals surface area contributed by atoms with Crippen molar-refractivity contribution < 1.29 is 24.5 Å². The number of carbonyl (C=O) groups is 1. The summed E-state index contributed by atoms with van der Waals surface area (Å²) in [5.41, 5.74) is 3.77. The minimum atomic E-state index is -0.109. The molecule has 242 valence electrons. The number of anilines is 1. The second-order valence-corrected chi connectivity index (χ2v) is 10.6. The number of ether oxygens (including phenoxy) is 2. The zero-order valence-electron chi connectivity index (χ0n) is 26.4. The van der Waals surface area contributed by atoms with Crippen LogP contribution < -0.4 is 9.64 Å². The molecule has 0 amide bonds. The lowest BCUT2D eigenvalue weighted by Gasteiger charge is -2.22. The molecule has 0 saturated heterocycles. The largest absolute Gasteiger partial charge is 0.494 e. The lowest BCUT2D eigenvalue weighted by molar-refractivity contribution is -0.143. The van der Waals surface area contributed by atoms with Crippen LogP contribution in [-0.4, -0.2) is 55.7 Å². The molecule has 0 bridgehead atoms. The van der Waals surface area contributed by atoms with Crippen LogP contribution in [0, 0.1) is 0 Å². The van der Waals surface area contributed by atoms with Gasteiger partial charge in [-0.3, -0.25) is 4.79 Å². The van der Waals surface area contributed by atoms with Gasteiger partial charge in [0.05, 0.1) is 49.2 Å². The molecule has 0 spiro atoms. The van der Waals surface area contributed by atoms with E-state index in [-0.39, 0.29) is 19.2 Å². The van der Waals surface area contributed by atoms with Gasteiger partial charge < -0.3 is 24.6 Å². The van der Waals surface area contributed by atoms with Gasteiger partial charge in [0.1, 0.15) is 5.75 Å². The smallest absolute Gasteiger partial charge is 0.305 e. The molecule has 0 atom stereocenters. The third-order valence-electron chi connectivity index (χ3n) is 7.06. The van der Waals surface area contributed by atoms with Crippen molar-refractivity contribution in [1.29, 1.82) is 0 Å². The Balaban J connectivity index is 1.31. The molecule has 0 unspecified atom stereocenters. The maximum absolute atomic E-state index is 11.1. The van der Waals surface area contributed by atoms with E-state index in [1.165, 1.54) is 25.7 Å². The first-order chi connectivity index (χ1) is 22.1. The fourth-order valence-corrected chi connectivity index (χ4v) is 4.51. The van der Waals surface area contributed by atoms with Crippen LogP contribution in [-0.2, 0) is 9.53 Å². The molecule has 10 nitrogen and oxygen atoms in total. The number of rotatable bonds is 22. The second kappa shape index (κ2) is 21.5. The Kier molecular flexibility index (Phi) is 16.9. The number of benzene rings is 3. The lowest BCUT2D eigenvalue weighted by Crippen LogP contribution is -2.29. The van der Waals surface area contributed by atoms with Crippen LogP contribution >= 0.6 is 0 Å². The average Bonchev–Trinajstić information content (AvgIpc) is 3.08. The summed E-state index contributed by atoms with van der Waals surface area (Å²) in [6.45, 7) is 4.02. The van der Waals surface area contributed by atoms with Gasteiger partial charge in [-0.1, -0.05) is 45.4 Å². The maximum atomic E-state index is 11.1. The molecule has 3 rings (SSSR count). The number of unbranched alkanes of at least 4 members (excludes halogenated alkanes) is 7. The van der Waals surface area contributed by atoms with Crippen LogP contribution in [0.15, 0.2) is 93.3 Å². The molecule has 45 heavy (non-hydrogen) atoms. The third kappa shape index (κ3) is 14.5. The Hall–Kier alpha value is -4.15. The van der Waals surface area contributed by atoms with Crippen LogP contribution in [0.25, 0.3) is 0 Å². The number of nitrogens with zero attached hydrogens (tertiary/aromatic N) is 5.